The van der Waals surface area contributed by atoms with Gasteiger partial charge in [0.05, 0.1) is 21.9 Å². The number of benzene rings is 1. The van der Waals surface area contributed by atoms with E-state index < -0.39 is 0 Å². The number of non-ortho nitro benzene ring substituents is 1. The number of nitrogen functional groups attached to an aromatic ring is 1. The van der Waals surface area contributed by atoms with E-state index in [-0.39, 0.29) is 22.5 Å². The van der Waals surface area contributed by atoms with Crippen LogP contribution in [0.3, 0.4) is 0 Å². The Bertz CT molecular complexity index is 941. The predicted molar refractivity (Wildman–Crippen MR) is 91.3 cm³/mol. The average Bonchev–Trinajstić information content (AvgIpc) is 3.07. The number of hydrogen-bond donors (Lipinski definition) is 1. The molecule has 3 heterocycles. The summed E-state index contributed by atoms with van der Waals surface area (Å²) in [7, 11) is 0. The quantitative estimate of drug-likeness (QED) is 0.569. The Labute approximate surface area is 142 Å². The molecule has 1 fully saturated rings. The van der Waals surface area contributed by atoms with Gasteiger partial charge in [-0.2, -0.15) is 0 Å². The van der Waals surface area contributed by atoms with E-state index in [1.807, 2.05) is 0 Å². The van der Waals surface area contributed by atoms with Crippen LogP contribution >= 0.6 is 0 Å². The molecule has 9 nitrogen and oxygen atoms in total. The van der Waals surface area contributed by atoms with Gasteiger partial charge in [0.1, 0.15) is 5.52 Å². The van der Waals surface area contributed by atoms with Crippen LogP contribution in [0.1, 0.15) is 24.7 Å². The molecule has 1 aliphatic rings. The highest BCUT2D eigenvalue weighted by Crippen LogP contribution is 2.35. The van der Waals surface area contributed by atoms with E-state index in [2.05, 4.69) is 20.1 Å². The van der Waals surface area contributed by atoms with E-state index in [0.29, 0.717) is 23.3 Å². The molecule has 1 atom stereocenters. The fourth-order valence-electron chi connectivity index (χ4n) is 3.37. The third-order valence-corrected chi connectivity index (χ3v) is 4.49. The van der Waals surface area contributed by atoms with Crippen molar-refractivity contribution in [1.29, 1.82) is 0 Å². The Morgan fingerprint density at radius 2 is 2.20 bits per heavy atom. The number of nitro benzene ring substituents is 1. The summed E-state index contributed by atoms with van der Waals surface area (Å²) >= 11 is 0. The number of fused-ring (bicyclic) bond motifs is 1. The Morgan fingerprint density at radius 3 is 2.96 bits per heavy atom. The first-order valence-electron chi connectivity index (χ1n) is 7.99. The van der Waals surface area contributed by atoms with Gasteiger partial charge in [0.25, 0.3) is 5.69 Å². The first-order valence-corrected chi connectivity index (χ1v) is 7.99. The van der Waals surface area contributed by atoms with Crippen molar-refractivity contribution in [3.05, 3.63) is 46.5 Å². The van der Waals surface area contributed by atoms with E-state index in [1.165, 1.54) is 6.07 Å². The van der Waals surface area contributed by atoms with Gasteiger partial charge >= 0.3 is 6.01 Å². The van der Waals surface area contributed by atoms with Crippen molar-refractivity contribution in [2.75, 3.05) is 23.7 Å². The molecule has 1 aromatic carbocycles. The summed E-state index contributed by atoms with van der Waals surface area (Å²) < 4.78 is 5.37. The number of nitrogens with two attached hydrogens (primary N) is 1. The number of hydrogen-bond acceptors (Lipinski definition) is 8. The third kappa shape index (κ3) is 2.73. The van der Waals surface area contributed by atoms with E-state index in [1.54, 1.807) is 24.4 Å². The molecular weight excluding hydrogens is 324 g/mol. The Morgan fingerprint density at radius 1 is 1.32 bits per heavy atom. The standard InChI is InChI=1S/C16H16N6O3/c17-16-20-19-15(25-16)10-3-2-8-21(9-10)13-6-5-12(22(23)24)11-4-1-7-18-14(11)13/h1,4-7,10H,2-3,8-9H2,(H2,17,20). The Kier molecular flexibility index (Phi) is 3.68. The average molecular weight is 340 g/mol. The van der Waals surface area contributed by atoms with Crippen LogP contribution in [0.15, 0.2) is 34.9 Å². The number of rotatable bonds is 3. The van der Waals surface area contributed by atoms with Crippen molar-refractivity contribution in [2.24, 2.45) is 0 Å². The fourth-order valence-corrected chi connectivity index (χ4v) is 3.37. The number of pyridine rings is 1. The maximum atomic E-state index is 11.3. The zero-order chi connectivity index (χ0) is 17.4. The van der Waals surface area contributed by atoms with E-state index in [9.17, 15) is 10.1 Å². The highest BCUT2D eigenvalue weighted by atomic mass is 16.6. The molecule has 0 radical (unpaired) electrons. The van der Waals surface area contributed by atoms with Gasteiger partial charge in [-0.25, -0.2) is 0 Å². The highest BCUT2D eigenvalue weighted by Gasteiger charge is 2.27. The molecule has 0 bridgehead atoms. The molecule has 1 unspecified atom stereocenters. The Balaban J connectivity index is 1.72. The number of nitrogens with zero attached hydrogens (tertiary/aromatic N) is 5. The van der Waals surface area contributed by atoms with Crippen LogP contribution in [0, 0.1) is 10.1 Å². The molecule has 4 rings (SSSR count). The minimum absolute atomic E-state index is 0.0603. The molecular formula is C16H16N6O3. The minimum atomic E-state index is -0.381. The molecule has 3 aromatic rings. The summed E-state index contributed by atoms with van der Waals surface area (Å²) in [6.45, 7) is 1.51. The first kappa shape index (κ1) is 15.3. The largest absolute Gasteiger partial charge is 0.408 e. The van der Waals surface area contributed by atoms with Gasteiger partial charge in [-0.3, -0.25) is 15.1 Å². The second kappa shape index (κ2) is 6.00. The van der Waals surface area contributed by atoms with Crippen molar-refractivity contribution in [3.63, 3.8) is 0 Å². The minimum Gasteiger partial charge on any atom is -0.408 e. The van der Waals surface area contributed by atoms with Crippen LogP contribution in [0.5, 0.6) is 0 Å². The molecule has 0 spiro atoms. The molecule has 2 aromatic heterocycles. The lowest BCUT2D eigenvalue weighted by atomic mass is 9.97. The van der Waals surface area contributed by atoms with Crippen LogP contribution < -0.4 is 10.6 Å². The summed E-state index contributed by atoms with van der Waals surface area (Å²) in [6.07, 6.45) is 3.52. The molecule has 128 valence electrons. The molecule has 0 amide bonds. The lowest BCUT2D eigenvalue weighted by molar-refractivity contribution is -0.383. The molecule has 0 saturated carbocycles. The maximum Gasteiger partial charge on any atom is 0.312 e. The Hall–Kier alpha value is -3.23. The zero-order valence-corrected chi connectivity index (χ0v) is 13.3. The lowest BCUT2D eigenvalue weighted by Crippen LogP contribution is -2.34. The van der Waals surface area contributed by atoms with Gasteiger partial charge in [0.15, 0.2) is 0 Å². The van der Waals surface area contributed by atoms with Crippen molar-refractivity contribution < 1.29 is 9.34 Å². The van der Waals surface area contributed by atoms with Crippen LogP contribution in [0.25, 0.3) is 10.9 Å². The first-order chi connectivity index (χ1) is 12.1. The summed E-state index contributed by atoms with van der Waals surface area (Å²) in [6, 6.07) is 6.80. The normalized spacial score (nSPS) is 17.8. The summed E-state index contributed by atoms with van der Waals surface area (Å²) in [5.41, 5.74) is 7.08. The molecule has 9 heteroatoms. The second-order valence-corrected chi connectivity index (χ2v) is 6.02. The van der Waals surface area contributed by atoms with E-state index in [0.717, 1.165) is 25.1 Å². The fraction of sp³-hybridized carbons (Fsp3) is 0.312. The third-order valence-electron chi connectivity index (χ3n) is 4.49. The van der Waals surface area contributed by atoms with Crippen molar-refractivity contribution in [3.8, 4) is 0 Å². The van der Waals surface area contributed by atoms with Crippen LogP contribution in [0.2, 0.25) is 0 Å². The van der Waals surface area contributed by atoms with Gasteiger partial charge < -0.3 is 15.1 Å². The number of aromatic nitrogens is 3. The van der Waals surface area contributed by atoms with Gasteiger partial charge in [-0.05, 0) is 31.0 Å². The van der Waals surface area contributed by atoms with E-state index >= 15 is 0 Å². The maximum absolute atomic E-state index is 11.3. The second-order valence-electron chi connectivity index (χ2n) is 6.02. The lowest BCUT2D eigenvalue weighted by Gasteiger charge is -2.33. The summed E-state index contributed by atoms with van der Waals surface area (Å²) in [5.74, 6) is 0.605. The number of anilines is 2. The molecule has 1 aliphatic heterocycles. The van der Waals surface area contributed by atoms with Crippen LogP contribution in [-0.2, 0) is 0 Å². The van der Waals surface area contributed by atoms with Crippen LogP contribution in [0.4, 0.5) is 17.4 Å². The summed E-state index contributed by atoms with van der Waals surface area (Å²) in [5, 5.41) is 19.5. The molecule has 0 aliphatic carbocycles. The molecule has 2 N–H and O–H groups in total. The van der Waals surface area contributed by atoms with Gasteiger partial charge in [-0.15, -0.1) is 5.10 Å². The molecule has 1 saturated heterocycles. The van der Waals surface area contributed by atoms with Crippen molar-refractivity contribution in [2.45, 2.75) is 18.8 Å². The van der Waals surface area contributed by atoms with E-state index in [4.69, 9.17) is 10.2 Å². The monoisotopic (exact) mass is 340 g/mol. The zero-order valence-electron chi connectivity index (χ0n) is 13.3. The SMILES string of the molecule is Nc1nnc(C2CCCN(c3ccc([N+](=O)[O-])c4cccnc34)C2)o1. The van der Waals surface area contributed by atoms with Gasteiger partial charge in [0.2, 0.25) is 5.89 Å². The summed E-state index contributed by atoms with van der Waals surface area (Å²) in [4.78, 5) is 17.4. The number of piperidine rings is 1. The van der Waals surface area contributed by atoms with Gasteiger partial charge in [0, 0.05) is 25.4 Å². The highest BCUT2D eigenvalue weighted by molar-refractivity contribution is 5.97. The predicted octanol–water partition coefficient (Wildman–Crippen LogP) is 2.49. The van der Waals surface area contributed by atoms with Gasteiger partial charge in [-0.1, -0.05) is 5.10 Å². The smallest absolute Gasteiger partial charge is 0.312 e. The topological polar surface area (TPSA) is 124 Å². The van der Waals surface area contributed by atoms with Crippen LogP contribution in [-0.4, -0.2) is 33.2 Å². The molecule has 25 heavy (non-hydrogen) atoms. The number of nitro groups is 1. The van der Waals surface area contributed by atoms with Crippen molar-refractivity contribution >= 4 is 28.3 Å². The van der Waals surface area contributed by atoms with Crippen molar-refractivity contribution in [1.82, 2.24) is 15.2 Å².